The van der Waals surface area contributed by atoms with Gasteiger partial charge in [0.25, 0.3) is 5.56 Å². The molecule has 0 radical (unpaired) electrons. The SMILES string of the molecule is O=c1[nH]c(CSc2cccc(Cl)c2)nc2c1CSC2. The normalized spacial score (nSPS) is 13.5. The predicted molar refractivity (Wildman–Crippen MR) is 80.9 cm³/mol. The Balaban J connectivity index is 1.77. The van der Waals surface area contributed by atoms with Crippen LogP contribution in [0.5, 0.6) is 0 Å². The fourth-order valence-electron chi connectivity index (χ4n) is 1.89. The minimum Gasteiger partial charge on any atom is -0.310 e. The Hall–Kier alpha value is -0.910. The van der Waals surface area contributed by atoms with E-state index in [-0.39, 0.29) is 5.56 Å². The summed E-state index contributed by atoms with van der Waals surface area (Å²) in [5.74, 6) is 3.00. The summed E-state index contributed by atoms with van der Waals surface area (Å²) in [5.41, 5.74) is 1.79. The molecular weight excluding hydrogens is 300 g/mol. The first-order valence-corrected chi connectivity index (χ1v) is 8.31. The number of hydrogen-bond acceptors (Lipinski definition) is 4. The maximum atomic E-state index is 11.9. The number of fused-ring (bicyclic) bond motifs is 1. The molecule has 6 heteroatoms. The van der Waals surface area contributed by atoms with Gasteiger partial charge in [0.2, 0.25) is 0 Å². The first-order valence-electron chi connectivity index (χ1n) is 5.79. The second-order valence-corrected chi connectivity index (χ2v) is 6.65. The summed E-state index contributed by atoms with van der Waals surface area (Å²) in [5, 5.41) is 0.719. The molecule has 1 N–H and O–H groups in total. The van der Waals surface area contributed by atoms with Crippen molar-refractivity contribution in [2.24, 2.45) is 0 Å². The number of aromatic nitrogens is 2. The summed E-state index contributed by atoms with van der Waals surface area (Å²) in [4.78, 5) is 20.3. The van der Waals surface area contributed by atoms with Crippen LogP contribution in [0.2, 0.25) is 5.02 Å². The van der Waals surface area contributed by atoms with Crippen molar-refractivity contribution in [1.29, 1.82) is 0 Å². The molecule has 0 spiro atoms. The highest BCUT2D eigenvalue weighted by Gasteiger charge is 2.17. The van der Waals surface area contributed by atoms with Gasteiger partial charge in [0.15, 0.2) is 0 Å². The molecule has 0 bridgehead atoms. The number of H-pyrrole nitrogens is 1. The zero-order valence-corrected chi connectivity index (χ0v) is 12.4. The quantitative estimate of drug-likeness (QED) is 0.882. The second kappa shape index (κ2) is 5.61. The third-order valence-electron chi connectivity index (χ3n) is 2.81. The average Bonchev–Trinajstić information content (AvgIpc) is 2.85. The van der Waals surface area contributed by atoms with E-state index in [0.717, 1.165) is 38.5 Å². The van der Waals surface area contributed by atoms with Crippen molar-refractivity contribution in [2.75, 3.05) is 0 Å². The van der Waals surface area contributed by atoms with Gasteiger partial charge in [-0.3, -0.25) is 4.79 Å². The third kappa shape index (κ3) is 2.99. The van der Waals surface area contributed by atoms with Crippen LogP contribution < -0.4 is 5.56 Å². The minimum atomic E-state index is 0.0108. The van der Waals surface area contributed by atoms with E-state index in [9.17, 15) is 4.79 Å². The molecule has 0 unspecified atom stereocenters. The van der Waals surface area contributed by atoms with E-state index in [4.69, 9.17) is 11.6 Å². The highest BCUT2D eigenvalue weighted by atomic mass is 35.5. The molecule has 0 saturated heterocycles. The first kappa shape index (κ1) is 13.1. The number of nitrogens with one attached hydrogen (secondary N) is 1. The molecule has 19 heavy (non-hydrogen) atoms. The van der Waals surface area contributed by atoms with Crippen molar-refractivity contribution < 1.29 is 0 Å². The Morgan fingerprint density at radius 2 is 2.32 bits per heavy atom. The molecule has 2 aromatic rings. The summed E-state index contributed by atoms with van der Waals surface area (Å²) >= 11 is 9.29. The lowest BCUT2D eigenvalue weighted by Crippen LogP contribution is -2.16. The van der Waals surface area contributed by atoms with Crippen LogP contribution in [-0.2, 0) is 17.3 Å². The van der Waals surface area contributed by atoms with Gasteiger partial charge in [-0.1, -0.05) is 17.7 Å². The number of aromatic amines is 1. The van der Waals surface area contributed by atoms with Crippen LogP contribution in [0, 0.1) is 0 Å². The summed E-state index contributed by atoms with van der Waals surface area (Å²) < 4.78 is 0. The smallest absolute Gasteiger partial charge is 0.255 e. The maximum Gasteiger partial charge on any atom is 0.255 e. The molecule has 0 aliphatic carbocycles. The van der Waals surface area contributed by atoms with Gasteiger partial charge in [-0.05, 0) is 18.2 Å². The highest BCUT2D eigenvalue weighted by molar-refractivity contribution is 7.98. The lowest BCUT2D eigenvalue weighted by atomic mass is 10.3. The van der Waals surface area contributed by atoms with Crippen LogP contribution in [0.4, 0.5) is 0 Å². The van der Waals surface area contributed by atoms with Crippen LogP contribution in [0.3, 0.4) is 0 Å². The van der Waals surface area contributed by atoms with Gasteiger partial charge in [-0.2, -0.15) is 11.8 Å². The Morgan fingerprint density at radius 3 is 3.16 bits per heavy atom. The van der Waals surface area contributed by atoms with Crippen molar-refractivity contribution in [1.82, 2.24) is 9.97 Å². The van der Waals surface area contributed by atoms with E-state index < -0.39 is 0 Å². The van der Waals surface area contributed by atoms with Crippen LogP contribution >= 0.6 is 35.1 Å². The molecule has 2 heterocycles. The topological polar surface area (TPSA) is 45.8 Å². The molecule has 0 fully saturated rings. The lowest BCUT2D eigenvalue weighted by molar-refractivity contribution is 0.943. The molecule has 98 valence electrons. The lowest BCUT2D eigenvalue weighted by Gasteiger charge is -2.04. The van der Waals surface area contributed by atoms with Crippen LogP contribution in [-0.4, -0.2) is 9.97 Å². The molecular formula is C13H11ClN2OS2. The van der Waals surface area contributed by atoms with E-state index in [2.05, 4.69) is 9.97 Å². The van der Waals surface area contributed by atoms with Gasteiger partial charge in [-0.25, -0.2) is 4.98 Å². The maximum absolute atomic E-state index is 11.9. The minimum absolute atomic E-state index is 0.0108. The number of hydrogen-bond donors (Lipinski definition) is 1. The molecule has 3 nitrogen and oxygen atoms in total. The molecule has 3 rings (SSSR count). The standard InChI is InChI=1S/C13H11ClN2OS2/c14-8-2-1-3-9(4-8)19-7-12-15-11-6-18-5-10(11)13(17)16-12/h1-4H,5-7H2,(H,15,16,17). The summed E-state index contributed by atoms with van der Waals surface area (Å²) in [6, 6.07) is 7.67. The number of halogens is 1. The molecule has 0 amide bonds. The van der Waals surface area contributed by atoms with Gasteiger partial charge in [0.05, 0.1) is 11.4 Å². The zero-order chi connectivity index (χ0) is 13.2. The van der Waals surface area contributed by atoms with Gasteiger partial charge in [0.1, 0.15) is 5.82 Å². The van der Waals surface area contributed by atoms with Crippen molar-refractivity contribution in [3.63, 3.8) is 0 Å². The Kier molecular flexibility index (Phi) is 3.86. The summed E-state index contributed by atoms with van der Waals surface area (Å²) in [7, 11) is 0. The molecule has 0 saturated carbocycles. The fourth-order valence-corrected chi connectivity index (χ4v) is 4.01. The first-order chi connectivity index (χ1) is 9.22. The molecule has 1 aliphatic heterocycles. The third-order valence-corrected chi connectivity index (χ3v) is 5.02. The predicted octanol–water partition coefficient (Wildman–Crippen LogP) is 3.46. The van der Waals surface area contributed by atoms with Crippen LogP contribution in [0.15, 0.2) is 34.0 Å². The summed E-state index contributed by atoms with van der Waals surface area (Å²) in [6.45, 7) is 0. The van der Waals surface area contributed by atoms with E-state index in [0.29, 0.717) is 5.75 Å². The second-order valence-electron chi connectivity index (χ2n) is 4.18. The Bertz CT molecular complexity index is 672. The van der Waals surface area contributed by atoms with E-state index in [1.54, 1.807) is 23.5 Å². The van der Waals surface area contributed by atoms with Crippen molar-refractivity contribution in [3.05, 3.63) is 56.7 Å². The van der Waals surface area contributed by atoms with Gasteiger partial charge in [0, 0.05) is 27.0 Å². The van der Waals surface area contributed by atoms with Crippen LogP contribution in [0.1, 0.15) is 17.1 Å². The number of nitrogens with zero attached hydrogens (tertiary/aromatic N) is 1. The van der Waals surface area contributed by atoms with Gasteiger partial charge >= 0.3 is 0 Å². The number of rotatable bonds is 3. The van der Waals surface area contributed by atoms with E-state index >= 15 is 0 Å². The zero-order valence-electron chi connectivity index (χ0n) is 9.98. The largest absolute Gasteiger partial charge is 0.310 e. The van der Waals surface area contributed by atoms with Gasteiger partial charge < -0.3 is 4.98 Å². The number of thioether (sulfide) groups is 2. The molecule has 1 aromatic carbocycles. The van der Waals surface area contributed by atoms with Crippen molar-refractivity contribution in [3.8, 4) is 0 Å². The van der Waals surface area contributed by atoms with E-state index in [1.807, 2.05) is 24.3 Å². The molecule has 1 aromatic heterocycles. The number of benzene rings is 1. The van der Waals surface area contributed by atoms with Crippen LogP contribution in [0.25, 0.3) is 0 Å². The highest BCUT2D eigenvalue weighted by Crippen LogP contribution is 2.27. The molecule has 0 atom stereocenters. The van der Waals surface area contributed by atoms with Gasteiger partial charge in [-0.15, -0.1) is 11.8 Å². The Morgan fingerprint density at radius 1 is 1.42 bits per heavy atom. The van der Waals surface area contributed by atoms with Crippen molar-refractivity contribution >= 4 is 35.1 Å². The Labute approximate surface area is 124 Å². The fraction of sp³-hybridized carbons (Fsp3) is 0.231. The average molecular weight is 311 g/mol. The van der Waals surface area contributed by atoms with Crippen molar-refractivity contribution in [2.45, 2.75) is 22.2 Å². The summed E-state index contributed by atoms with van der Waals surface area (Å²) in [6.07, 6.45) is 0. The monoisotopic (exact) mass is 310 g/mol. The molecule has 1 aliphatic rings. The van der Waals surface area contributed by atoms with E-state index in [1.165, 1.54) is 0 Å².